The third-order valence-electron chi connectivity index (χ3n) is 6.75. The third kappa shape index (κ3) is 9.59. The van der Waals surface area contributed by atoms with Crippen LogP contribution in [-0.2, 0) is 19.6 Å². The summed E-state index contributed by atoms with van der Waals surface area (Å²) in [6, 6.07) is 9.55. The van der Waals surface area contributed by atoms with Gasteiger partial charge in [-0.25, -0.2) is 0 Å². The molecule has 0 radical (unpaired) electrons. The van der Waals surface area contributed by atoms with Gasteiger partial charge in [0.1, 0.15) is 0 Å². The van der Waals surface area contributed by atoms with Crippen molar-refractivity contribution in [2.45, 2.75) is 105 Å². The topological polar surface area (TPSA) is 34.8 Å². The van der Waals surface area contributed by atoms with Gasteiger partial charge in [-0.1, -0.05) is 0 Å². The predicted molar refractivity (Wildman–Crippen MR) is 133 cm³/mol. The second-order valence-corrected chi connectivity index (χ2v) is 22.3. The molecule has 2 rings (SSSR count). The summed E-state index contributed by atoms with van der Waals surface area (Å²) in [5.41, 5.74) is 7.14. The largest absolute Gasteiger partial charge is 1.00 e. The summed E-state index contributed by atoms with van der Waals surface area (Å²) < 4.78 is 11.0. The molecule has 1 aromatic carbocycles. The van der Waals surface area contributed by atoms with Gasteiger partial charge in [-0.2, -0.15) is 0 Å². The number of hydrogen-bond donors (Lipinski definition) is 1. The Morgan fingerprint density at radius 2 is 1.45 bits per heavy atom. The van der Waals surface area contributed by atoms with Gasteiger partial charge in [-0.05, 0) is 0 Å². The molecule has 0 saturated heterocycles. The van der Waals surface area contributed by atoms with Gasteiger partial charge >= 0.3 is 190 Å². The van der Waals surface area contributed by atoms with Crippen LogP contribution in [0, 0.1) is 0 Å². The van der Waals surface area contributed by atoms with Gasteiger partial charge in [-0.3, -0.25) is 0 Å². The van der Waals surface area contributed by atoms with Crippen molar-refractivity contribution < 1.29 is 21.5 Å². The van der Waals surface area contributed by atoms with Crippen LogP contribution in [0.15, 0.2) is 43.0 Å². The van der Waals surface area contributed by atoms with Crippen molar-refractivity contribution in [2.75, 3.05) is 0 Å². The predicted octanol–water partition coefficient (Wildman–Crippen LogP) is 2.77. The summed E-state index contributed by atoms with van der Waals surface area (Å²) in [6.45, 7) is 9.79. The van der Waals surface area contributed by atoms with Crippen LogP contribution in [0.3, 0.4) is 0 Å². The molecule has 0 saturated carbocycles. The van der Waals surface area contributed by atoms with E-state index in [1.807, 2.05) is 0 Å². The van der Waals surface area contributed by atoms with E-state index in [2.05, 4.69) is 72.9 Å². The van der Waals surface area contributed by atoms with E-state index in [0.717, 1.165) is 13.1 Å². The second kappa shape index (κ2) is 16.3. The van der Waals surface area contributed by atoms with Crippen molar-refractivity contribution in [1.29, 1.82) is 0 Å². The quantitative estimate of drug-likeness (QED) is 0.180. The van der Waals surface area contributed by atoms with E-state index >= 15 is 0 Å². The Hall–Kier alpha value is -0.331. The average Bonchev–Trinajstić information content (AvgIpc) is 3.25. The maximum Gasteiger partial charge on any atom is -1.00 e. The van der Waals surface area contributed by atoms with E-state index in [1.165, 1.54) is 70.2 Å². The van der Waals surface area contributed by atoms with Crippen LogP contribution in [0.5, 0.6) is 0 Å². The summed E-state index contributed by atoms with van der Waals surface area (Å²) in [4.78, 5) is 0. The zero-order valence-corrected chi connectivity index (χ0v) is 24.7. The molecule has 0 unspecified atom stereocenters. The monoisotopic (exact) mass is 599 g/mol. The molecule has 0 amide bonds. The van der Waals surface area contributed by atoms with E-state index < -0.39 is 18.4 Å². The van der Waals surface area contributed by atoms with Crippen molar-refractivity contribution in [3.05, 3.63) is 48.5 Å². The number of nitrogens with zero attached hydrogens (tertiary/aromatic N) is 2. The average molecular weight is 599 g/mol. The molecule has 0 aliphatic rings. The summed E-state index contributed by atoms with van der Waals surface area (Å²) in [7, 11) is 0. The summed E-state index contributed by atoms with van der Waals surface area (Å²) in [5, 5.41) is 0. The Morgan fingerprint density at radius 1 is 0.839 bits per heavy atom. The second-order valence-electron chi connectivity index (χ2n) is 9.03. The Kier molecular flexibility index (Phi) is 15.1. The molecular formula is C26H46BrN3Sn. The molecule has 5 heteroatoms. The first-order chi connectivity index (χ1) is 14.7. The molecule has 0 aliphatic carbocycles. The standard InChI is InChI=1S/C11H20N2.C7H8N.2C4H9.BrH.Sn/c1-3-5-6-7-8-13-10-9-12(4-2)11-13;8-6-7-4-2-1-3-5-7;2*1-3-4-2;;/h9-11H,1,3-8H2,2H3;2-5H,6,8H2;2*1,3-4H2,2H3;1H;/q+1;;;;;/p-1. The van der Waals surface area contributed by atoms with Crippen LogP contribution >= 0.6 is 0 Å². The zero-order chi connectivity index (χ0) is 21.7. The summed E-state index contributed by atoms with van der Waals surface area (Å²) in [6.07, 6.45) is 17.6. The van der Waals surface area contributed by atoms with Crippen LogP contribution in [-0.4, -0.2) is 22.9 Å². The molecule has 0 aliphatic heterocycles. The number of unbranched alkanes of at least 4 members (excludes halogenated alkanes) is 5. The fraction of sp³-hybridized carbons (Fsp3) is 0.654. The molecule has 0 atom stereocenters. The number of aromatic nitrogens is 2. The van der Waals surface area contributed by atoms with Gasteiger partial charge in [0.15, 0.2) is 0 Å². The van der Waals surface area contributed by atoms with Crippen LogP contribution in [0.1, 0.15) is 77.7 Å². The van der Waals surface area contributed by atoms with E-state index in [4.69, 9.17) is 5.73 Å². The summed E-state index contributed by atoms with van der Waals surface area (Å²) in [5.74, 6) is 0. The number of imidazole rings is 1. The van der Waals surface area contributed by atoms with Crippen molar-refractivity contribution in [3.8, 4) is 0 Å². The minimum atomic E-state index is -2.33. The first-order valence-corrected chi connectivity index (χ1v) is 20.0. The van der Waals surface area contributed by atoms with Gasteiger partial charge in [0, 0.05) is 0 Å². The minimum Gasteiger partial charge on any atom is -1.00 e. The molecule has 3 nitrogen and oxygen atoms in total. The molecule has 2 N–H and O–H groups in total. The first kappa shape index (κ1) is 28.7. The van der Waals surface area contributed by atoms with Crippen molar-refractivity contribution in [2.24, 2.45) is 5.73 Å². The first-order valence-electron chi connectivity index (χ1n) is 12.5. The van der Waals surface area contributed by atoms with Crippen LogP contribution < -0.4 is 30.9 Å². The number of rotatable bonds is 16. The Labute approximate surface area is 206 Å². The van der Waals surface area contributed by atoms with E-state index in [9.17, 15) is 0 Å². The van der Waals surface area contributed by atoms with Crippen molar-refractivity contribution >= 4 is 22.0 Å². The molecule has 1 aromatic heterocycles. The normalized spacial score (nSPS) is 11.5. The number of nitrogens with two attached hydrogens (primary N) is 1. The molecule has 1 heterocycles. The maximum atomic E-state index is 5.86. The summed E-state index contributed by atoms with van der Waals surface area (Å²) >= 11 is -2.33. The number of halogens is 1. The number of benzene rings is 1. The minimum absolute atomic E-state index is 0. The molecule has 0 spiro atoms. The van der Waals surface area contributed by atoms with E-state index in [1.54, 1.807) is 3.58 Å². The number of aryl methyl sites for hydroxylation is 2. The number of hydrogen-bond acceptors (Lipinski definition) is 1. The Bertz CT molecular complexity index is 691. The van der Waals surface area contributed by atoms with Crippen molar-refractivity contribution in [3.63, 3.8) is 0 Å². The van der Waals surface area contributed by atoms with E-state index in [-0.39, 0.29) is 17.0 Å². The molecule has 0 bridgehead atoms. The van der Waals surface area contributed by atoms with Gasteiger partial charge in [-0.15, -0.1) is 0 Å². The molecule has 0 fully saturated rings. The van der Waals surface area contributed by atoms with Crippen molar-refractivity contribution in [1.82, 2.24) is 4.57 Å². The maximum absolute atomic E-state index is 5.86. The fourth-order valence-corrected chi connectivity index (χ4v) is 20.3. The van der Waals surface area contributed by atoms with Gasteiger partial charge in [0.2, 0.25) is 0 Å². The zero-order valence-electron chi connectivity index (χ0n) is 20.3. The van der Waals surface area contributed by atoms with Gasteiger partial charge < -0.3 is 17.0 Å². The Balaban J connectivity index is 0.00000480. The molecular weight excluding hydrogens is 553 g/mol. The SMILES string of the molecule is CCC[CH2][Sn]([CH2]CCC)([CH2]CCCCC[n+]1ccn(CC)c1)[c]1ccc(CN)cc1.[Br-]. The molecule has 31 heavy (non-hydrogen) atoms. The van der Waals surface area contributed by atoms with Crippen LogP contribution in [0.4, 0.5) is 0 Å². The molecule has 176 valence electrons. The smallest absolute Gasteiger partial charge is 1.00 e. The molecule has 2 aromatic rings. The third-order valence-corrected chi connectivity index (χ3v) is 22.4. The van der Waals surface area contributed by atoms with Gasteiger partial charge in [0.05, 0.1) is 0 Å². The fourth-order valence-electron chi connectivity index (χ4n) is 4.70. The van der Waals surface area contributed by atoms with Crippen LogP contribution in [0.25, 0.3) is 0 Å². The Morgan fingerprint density at radius 3 is 2.00 bits per heavy atom. The van der Waals surface area contributed by atoms with Crippen LogP contribution in [0.2, 0.25) is 13.3 Å². The van der Waals surface area contributed by atoms with E-state index in [0.29, 0.717) is 6.54 Å². The van der Waals surface area contributed by atoms with Gasteiger partial charge in [0.25, 0.3) is 0 Å².